The Hall–Kier alpha value is -1.11. The second-order valence-corrected chi connectivity index (χ2v) is 6.65. The number of aryl methyl sites for hydroxylation is 2. The fourth-order valence-corrected chi connectivity index (χ4v) is 3.82. The molecule has 5 nitrogen and oxygen atoms in total. The molecule has 100 valence electrons. The van der Waals surface area contributed by atoms with E-state index in [0.29, 0.717) is 13.1 Å². The summed E-state index contributed by atoms with van der Waals surface area (Å²) in [5.74, 6) is 0. The molecule has 2 N–H and O–H groups in total. The normalized spacial score (nSPS) is 23.6. The SMILES string of the molecule is Cc1ccc(C)c(N2CC(CN)N(C)S2(=O)=O)c1. The van der Waals surface area contributed by atoms with Crippen LogP contribution in [0.25, 0.3) is 0 Å². The van der Waals surface area contributed by atoms with Gasteiger partial charge < -0.3 is 5.73 Å². The number of rotatable bonds is 2. The first-order valence-electron chi connectivity index (χ1n) is 5.91. The van der Waals surface area contributed by atoms with Gasteiger partial charge in [-0.3, -0.25) is 4.31 Å². The number of anilines is 1. The maximum absolute atomic E-state index is 12.3. The molecule has 1 aliphatic heterocycles. The van der Waals surface area contributed by atoms with Gasteiger partial charge in [-0.1, -0.05) is 12.1 Å². The highest BCUT2D eigenvalue weighted by atomic mass is 32.2. The molecule has 1 aromatic rings. The van der Waals surface area contributed by atoms with E-state index in [2.05, 4.69) is 0 Å². The molecule has 1 heterocycles. The largest absolute Gasteiger partial charge is 0.329 e. The molecule has 0 spiro atoms. The van der Waals surface area contributed by atoms with Crippen LogP contribution in [-0.4, -0.2) is 38.9 Å². The Balaban J connectivity index is 2.49. The Morgan fingerprint density at radius 1 is 1.39 bits per heavy atom. The molecular weight excluding hydrogens is 250 g/mol. The lowest BCUT2D eigenvalue weighted by molar-refractivity contribution is 0.417. The molecule has 0 aromatic heterocycles. The van der Waals surface area contributed by atoms with Crippen molar-refractivity contribution in [2.24, 2.45) is 5.73 Å². The van der Waals surface area contributed by atoms with Crippen LogP contribution in [0.5, 0.6) is 0 Å². The van der Waals surface area contributed by atoms with Gasteiger partial charge in [-0.15, -0.1) is 0 Å². The Morgan fingerprint density at radius 3 is 2.61 bits per heavy atom. The molecule has 1 atom stereocenters. The summed E-state index contributed by atoms with van der Waals surface area (Å²) < 4.78 is 27.5. The van der Waals surface area contributed by atoms with Crippen molar-refractivity contribution in [3.8, 4) is 0 Å². The maximum atomic E-state index is 12.3. The van der Waals surface area contributed by atoms with Crippen molar-refractivity contribution < 1.29 is 8.42 Å². The Morgan fingerprint density at radius 2 is 2.06 bits per heavy atom. The number of hydrogen-bond donors (Lipinski definition) is 1. The van der Waals surface area contributed by atoms with Crippen molar-refractivity contribution in [2.75, 3.05) is 24.4 Å². The van der Waals surface area contributed by atoms with Crippen molar-refractivity contribution in [1.29, 1.82) is 0 Å². The third kappa shape index (κ3) is 2.00. The minimum absolute atomic E-state index is 0.157. The van der Waals surface area contributed by atoms with Crippen molar-refractivity contribution >= 4 is 15.9 Å². The van der Waals surface area contributed by atoms with Crippen LogP contribution in [-0.2, 0) is 10.2 Å². The third-order valence-electron chi connectivity index (χ3n) is 3.44. The molecule has 1 unspecified atom stereocenters. The average Bonchev–Trinajstić information content (AvgIpc) is 2.54. The van der Waals surface area contributed by atoms with Crippen LogP contribution in [0, 0.1) is 13.8 Å². The highest BCUT2D eigenvalue weighted by Gasteiger charge is 2.41. The van der Waals surface area contributed by atoms with Gasteiger partial charge >= 0.3 is 10.2 Å². The van der Waals surface area contributed by atoms with Crippen molar-refractivity contribution in [1.82, 2.24) is 4.31 Å². The summed E-state index contributed by atoms with van der Waals surface area (Å²) in [6, 6.07) is 5.66. The minimum atomic E-state index is -3.43. The van der Waals surface area contributed by atoms with E-state index >= 15 is 0 Å². The number of likely N-dealkylation sites (N-methyl/N-ethyl adjacent to an activating group) is 1. The van der Waals surface area contributed by atoms with E-state index in [4.69, 9.17) is 5.73 Å². The van der Waals surface area contributed by atoms with Crippen LogP contribution in [0.1, 0.15) is 11.1 Å². The highest BCUT2D eigenvalue weighted by Crippen LogP contribution is 2.30. The number of hydrogen-bond acceptors (Lipinski definition) is 3. The van der Waals surface area contributed by atoms with Crippen LogP contribution < -0.4 is 10.0 Å². The molecule has 18 heavy (non-hydrogen) atoms. The first-order valence-corrected chi connectivity index (χ1v) is 7.30. The van der Waals surface area contributed by atoms with Gasteiger partial charge in [0, 0.05) is 13.6 Å². The minimum Gasteiger partial charge on any atom is -0.329 e. The zero-order valence-electron chi connectivity index (χ0n) is 10.9. The van der Waals surface area contributed by atoms with Crippen LogP contribution in [0.15, 0.2) is 18.2 Å². The van der Waals surface area contributed by atoms with Gasteiger partial charge in [0.1, 0.15) is 0 Å². The third-order valence-corrected chi connectivity index (χ3v) is 5.37. The van der Waals surface area contributed by atoms with Gasteiger partial charge in [-0.25, -0.2) is 0 Å². The van der Waals surface area contributed by atoms with Gasteiger partial charge in [0.05, 0.1) is 18.3 Å². The van der Waals surface area contributed by atoms with E-state index in [0.717, 1.165) is 16.8 Å². The van der Waals surface area contributed by atoms with Crippen LogP contribution in [0.2, 0.25) is 0 Å². The first kappa shape index (κ1) is 13.3. The molecule has 0 aliphatic carbocycles. The Kier molecular flexibility index (Phi) is 3.35. The van der Waals surface area contributed by atoms with Gasteiger partial charge in [0.25, 0.3) is 0 Å². The molecule has 1 aliphatic rings. The zero-order chi connectivity index (χ0) is 13.5. The van der Waals surface area contributed by atoms with Crippen LogP contribution in [0.4, 0.5) is 5.69 Å². The molecular formula is C12H19N3O2S. The zero-order valence-corrected chi connectivity index (χ0v) is 11.7. The average molecular weight is 269 g/mol. The lowest BCUT2D eigenvalue weighted by atomic mass is 10.1. The van der Waals surface area contributed by atoms with E-state index < -0.39 is 10.2 Å². The lowest BCUT2D eigenvalue weighted by Gasteiger charge is -2.20. The summed E-state index contributed by atoms with van der Waals surface area (Å²) in [5, 5.41) is 0. The monoisotopic (exact) mass is 269 g/mol. The predicted octanol–water partition coefficient (Wildman–Crippen LogP) is 0.627. The summed E-state index contributed by atoms with van der Waals surface area (Å²) in [7, 11) is -1.85. The van der Waals surface area contributed by atoms with Crippen molar-refractivity contribution in [3.63, 3.8) is 0 Å². The highest BCUT2D eigenvalue weighted by molar-refractivity contribution is 7.90. The van der Waals surface area contributed by atoms with E-state index in [-0.39, 0.29) is 6.04 Å². The second-order valence-electron chi connectivity index (χ2n) is 4.73. The number of nitrogens with zero attached hydrogens (tertiary/aromatic N) is 2. The van der Waals surface area contributed by atoms with Gasteiger partial charge in [-0.05, 0) is 31.0 Å². The first-order chi connectivity index (χ1) is 8.37. The van der Waals surface area contributed by atoms with Crippen molar-refractivity contribution in [3.05, 3.63) is 29.3 Å². The summed E-state index contributed by atoms with van der Waals surface area (Å²) in [5.41, 5.74) is 8.37. The Bertz CT molecular complexity index is 556. The number of nitrogens with two attached hydrogens (primary N) is 1. The van der Waals surface area contributed by atoms with E-state index in [1.807, 2.05) is 32.0 Å². The molecule has 1 aromatic carbocycles. The van der Waals surface area contributed by atoms with Crippen LogP contribution >= 0.6 is 0 Å². The van der Waals surface area contributed by atoms with Gasteiger partial charge in [-0.2, -0.15) is 12.7 Å². The molecule has 6 heteroatoms. The molecule has 0 radical (unpaired) electrons. The topological polar surface area (TPSA) is 66.6 Å². The van der Waals surface area contributed by atoms with Crippen molar-refractivity contribution in [2.45, 2.75) is 19.9 Å². The molecule has 0 bridgehead atoms. The van der Waals surface area contributed by atoms with Crippen LogP contribution in [0.3, 0.4) is 0 Å². The summed E-state index contributed by atoms with van der Waals surface area (Å²) in [4.78, 5) is 0. The molecule has 1 saturated heterocycles. The number of benzene rings is 1. The lowest BCUT2D eigenvalue weighted by Crippen LogP contribution is -2.36. The smallest absolute Gasteiger partial charge is 0.304 e. The summed E-state index contributed by atoms with van der Waals surface area (Å²) in [6.45, 7) is 4.62. The predicted molar refractivity (Wildman–Crippen MR) is 72.8 cm³/mol. The molecule has 0 saturated carbocycles. The molecule has 2 rings (SSSR count). The standard InChI is InChI=1S/C12H19N3O2S/c1-9-4-5-10(2)12(6-9)15-8-11(7-13)14(3)18(15,16)17/h4-6,11H,7-8,13H2,1-3H3. The summed E-state index contributed by atoms with van der Waals surface area (Å²) in [6.07, 6.45) is 0. The fraction of sp³-hybridized carbons (Fsp3) is 0.500. The maximum Gasteiger partial charge on any atom is 0.304 e. The summed E-state index contributed by atoms with van der Waals surface area (Å²) >= 11 is 0. The van der Waals surface area contributed by atoms with Gasteiger partial charge in [0.15, 0.2) is 0 Å². The Labute approximate surface area is 108 Å². The second kappa shape index (κ2) is 4.53. The fourth-order valence-electron chi connectivity index (χ4n) is 2.18. The quantitative estimate of drug-likeness (QED) is 0.856. The van der Waals surface area contributed by atoms with E-state index in [9.17, 15) is 8.42 Å². The van der Waals surface area contributed by atoms with E-state index in [1.165, 1.54) is 8.61 Å². The molecule has 0 amide bonds. The van der Waals surface area contributed by atoms with Gasteiger partial charge in [0.2, 0.25) is 0 Å². The van der Waals surface area contributed by atoms with E-state index in [1.54, 1.807) is 7.05 Å². The molecule has 1 fully saturated rings.